The van der Waals surface area contributed by atoms with Gasteiger partial charge in [0.2, 0.25) is 0 Å². The van der Waals surface area contributed by atoms with Gasteiger partial charge in [-0.3, -0.25) is 4.79 Å². The monoisotopic (exact) mass is 188 g/mol. The van der Waals surface area contributed by atoms with E-state index < -0.39 is 0 Å². The summed E-state index contributed by atoms with van der Waals surface area (Å²) < 4.78 is 5.27. The second kappa shape index (κ2) is 2.59. The molecule has 0 amide bonds. The summed E-state index contributed by atoms with van der Waals surface area (Å²) in [5, 5.41) is 0. The Morgan fingerprint density at radius 2 is 2.21 bits per heavy atom. The molecule has 1 aromatic carbocycles. The molecule has 0 N–H and O–H groups in total. The number of benzene rings is 1. The molecule has 3 rings (SSSR count). The van der Waals surface area contributed by atoms with Gasteiger partial charge in [0.25, 0.3) is 0 Å². The van der Waals surface area contributed by atoms with Crippen LogP contribution in [-0.4, -0.2) is 12.1 Å². The fourth-order valence-electron chi connectivity index (χ4n) is 2.59. The van der Waals surface area contributed by atoms with E-state index in [1.165, 1.54) is 16.7 Å². The van der Waals surface area contributed by atoms with Gasteiger partial charge in [-0.05, 0) is 18.1 Å². The van der Waals surface area contributed by atoms with Gasteiger partial charge in [-0.25, -0.2) is 0 Å². The third-order valence-electron chi connectivity index (χ3n) is 3.24. The third-order valence-corrected chi connectivity index (χ3v) is 3.24. The van der Waals surface area contributed by atoms with Crippen molar-refractivity contribution in [3.05, 3.63) is 34.9 Å². The Morgan fingerprint density at radius 1 is 1.36 bits per heavy atom. The molecule has 0 radical (unpaired) electrons. The lowest BCUT2D eigenvalue weighted by molar-refractivity contribution is -0.141. The molecule has 1 heterocycles. The summed E-state index contributed by atoms with van der Waals surface area (Å²) in [5.74, 6) is 0.296. The van der Waals surface area contributed by atoms with Crippen molar-refractivity contribution in [1.29, 1.82) is 0 Å². The molecule has 1 aliphatic heterocycles. The highest BCUT2D eigenvalue weighted by atomic mass is 16.5. The third kappa shape index (κ3) is 0.999. The van der Waals surface area contributed by atoms with Crippen LogP contribution in [-0.2, 0) is 16.0 Å². The molecule has 2 aliphatic rings. The Morgan fingerprint density at radius 3 is 3.07 bits per heavy atom. The Balaban J connectivity index is 2.05. The summed E-state index contributed by atoms with van der Waals surface area (Å²) >= 11 is 0. The molecule has 1 fully saturated rings. The summed E-state index contributed by atoms with van der Waals surface area (Å²) in [5.41, 5.74) is 3.98. The van der Waals surface area contributed by atoms with E-state index >= 15 is 0 Å². The molecule has 1 aliphatic carbocycles. The highest BCUT2D eigenvalue weighted by molar-refractivity contribution is 5.74. The molecule has 1 saturated heterocycles. The van der Waals surface area contributed by atoms with Crippen molar-refractivity contribution in [3.8, 4) is 0 Å². The molecule has 0 saturated carbocycles. The van der Waals surface area contributed by atoms with Crippen LogP contribution >= 0.6 is 0 Å². The summed E-state index contributed by atoms with van der Waals surface area (Å²) in [6, 6.07) is 6.47. The van der Waals surface area contributed by atoms with Crippen LogP contribution in [0.15, 0.2) is 18.2 Å². The van der Waals surface area contributed by atoms with E-state index in [0.29, 0.717) is 12.3 Å². The number of rotatable bonds is 0. The number of fused-ring (bicyclic) bond motifs is 3. The number of esters is 1. The van der Waals surface area contributed by atoms with Crippen molar-refractivity contribution >= 4 is 5.97 Å². The second-order valence-corrected chi connectivity index (χ2v) is 4.25. The second-order valence-electron chi connectivity index (χ2n) is 4.25. The minimum absolute atomic E-state index is 0.0359. The Kier molecular flexibility index (Phi) is 1.49. The number of hydrogen-bond acceptors (Lipinski definition) is 2. The number of carbonyl (C=O) groups is 1. The average Bonchev–Trinajstić information content (AvgIpc) is 2.59. The van der Waals surface area contributed by atoms with Crippen LogP contribution in [0.1, 0.15) is 29.0 Å². The van der Waals surface area contributed by atoms with Gasteiger partial charge in [0.05, 0.1) is 6.42 Å². The first kappa shape index (κ1) is 8.04. The Hall–Kier alpha value is -1.31. The van der Waals surface area contributed by atoms with Crippen LogP contribution in [0.25, 0.3) is 0 Å². The van der Waals surface area contributed by atoms with E-state index in [9.17, 15) is 4.79 Å². The van der Waals surface area contributed by atoms with Crippen LogP contribution in [0.4, 0.5) is 0 Å². The highest BCUT2D eigenvalue weighted by Crippen LogP contribution is 2.42. The van der Waals surface area contributed by atoms with Gasteiger partial charge in [0.1, 0.15) is 6.10 Å². The zero-order valence-electron chi connectivity index (χ0n) is 8.12. The molecular weight excluding hydrogens is 176 g/mol. The number of carbonyl (C=O) groups excluding carboxylic acids is 1. The topological polar surface area (TPSA) is 26.3 Å². The van der Waals surface area contributed by atoms with Crippen molar-refractivity contribution < 1.29 is 9.53 Å². The molecule has 0 bridgehead atoms. The van der Waals surface area contributed by atoms with E-state index in [4.69, 9.17) is 4.74 Å². The van der Waals surface area contributed by atoms with Crippen LogP contribution in [0.3, 0.4) is 0 Å². The lowest BCUT2D eigenvalue weighted by atomic mass is 9.98. The van der Waals surface area contributed by atoms with Crippen LogP contribution < -0.4 is 0 Å². The van der Waals surface area contributed by atoms with Gasteiger partial charge in [-0.1, -0.05) is 23.8 Å². The molecule has 0 unspecified atom stereocenters. The van der Waals surface area contributed by atoms with Gasteiger partial charge in [0, 0.05) is 12.3 Å². The Labute approximate surface area is 82.9 Å². The highest BCUT2D eigenvalue weighted by Gasteiger charge is 2.41. The lowest BCUT2D eigenvalue weighted by Gasteiger charge is -2.05. The molecule has 72 valence electrons. The number of aryl methyl sites for hydroxylation is 1. The first-order valence-electron chi connectivity index (χ1n) is 5.03. The quantitative estimate of drug-likeness (QED) is 0.582. The van der Waals surface area contributed by atoms with E-state index in [1.54, 1.807) is 0 Å². The molecule has 2 atom stereocenters. The van der Waals surface area contributed by atoms with Gasteiger partial charge < -0.3 is 4.74 Å². The molecular formula is C12H12O2. The predicted octanol–water partition coefficient (Wildman–Crippen LogP) is 1.95. The fraction of sp³-hybridized carbons (Fsp3) is 0.417. The normalized spacial score (nSPS) is 28.5. The van der Waals surface area contributed by atoms with E-state index in [2.05, 4.69) is 25.1 Å². The summed E-state index contributed by atoms with van der Waals surface area (Å²) in [6.07, 6.45) is 1.60. The van der Waals surface area contributed by atoms with Crippen molar-refractivity contribution in [2.75, 3.05) is 0 Å². The maximum atomic E-state index is 11.1. The summed E-state index contributed by atoms with van der Waals surface area (Å²) in [6.45, 7) is 2.10. The summed E-state index contributed by atoms with van der Waals surface area (Å²) in [7, 11) is 0. The van der Waals surface area contributed by atoms with Gasteiger partial charge in [-0.15, -0.1) is 0 Å². The molecule has 0 aromatic heterocycles. The SMILES string of the molecule is Cc1ccc2c(c1)C[C@H]1OC(=O)C[C@@H]21. The maximum Gasteiger partial charge on any atom is 0.306 e. The minimum Gasteiger partial charge on any atom is -0.461 e. The smallest absolute Gasteiger partial charge is 0.306 e. The van der Waals surface area contributed by atoms with Crippen molar-refractivity contribution in [2.24, 2.45) is 0 Å². The number of ether oxygens (including phenoxy) is 1. The van der Waals surface area contributed by atoms with E-state index in [1.807, 2.05) is 0 Å². The van der Waals surface area contributed by atoms with Crippen LogP contribution in [0, 0.1) is 6.92 Å². The van der Waals surface area contributed by atoms with Crippen LogP contribution in [0.2, 0.25) is 0 Å². The summed E-state index contributed by atoms with van der Waals surface area (Å²) in [4.78, 5) is 11.1. The molecule has 2 nitrogen and oxygen atoms in total. The molecule has 14 heavy (non-hydrogen) atoms. The zero-order chi connectivity index (χ0) is 9.71. The van der Waals surface area contributed by atoms with Crippen molar-refractivity contribution in [1.82, 2.24) is 0 Å². The molecule has 2 heteroatoms. The average molecular weight is 188 g/mol. The van der Waals surface area contributed by atoms with Gasteiger partial charge in [-0.2, -0.15) is 0 Å². The molecule has 1 aromatic rings. The maximum absolute atomic E-state index is 11.1. The minimum atomic E-state index is -0.0359. The lowest BCUT2D eigenvalue weighted by Crippen LogP contribution is -2.09. The zero-order valence-corrected chi connectivity index (χ0v) is 8.12. The number of hydrogen-bond donors (Lipinski definition) is 0. The molecule has 0 spiro atoms. The predicted molar refractivity (Wildman–Crippen MR) is 52.1 cm³/mol. The first-order chi connectivity index (χ1) is 6.74. The van der Waals surface area contributed by atoms with E-state index in [-0.39, 0.29) is 12.1 Å². The van der Waals surface area contributed by atoms with E-state index in [0.717, 1.165) is 6.42 Å². The largest absolute Gasteiger partial charge is 0.461 e. The standard InChI is InChI=1S/C12H12O2/c1-7-2-3-9-8(4-7)5-11-10(9)6-12(13)14-11/h2-4,10-11H,5-6H2,1H3/t10-,11+/m0/s1. The first-order valence-corrected chi connectivity index (χ1v) is 5.03. The van der Waals surface area contributed by atoms with Crippen molar-refractivity contribution in [2.45, 2.75) is 31.8 Å². The fourth-order valence-corrected chi connectivity index (χ4v) is 2.59. The van der Waals surface area contributed by atoms with Gasteiger partial charge >= 0.3 is 5.97 Å². The Bertz CT molecular complexity index is 409. The van der Waals surface area contributed by atoms with Crippen LogP contribution in [0.5, 0.6) is 0 Å². The van der Waals surface area contributed by atoms with Gasteiger partial charge in [0.15, 0.2) is 0 Å². The van der Waals surface area contributed by atoms with Crippen molar-refractivity contribution in [3.63, 3.8) is 0 Å².